The van der Waals surface area contributed by atoms with Crippen LogP contribution in [-0.2, 0) is 10.1 Å². The molecule has 2 aromatic rings. The van der Waals surface area contributed by atoms with E-state index in [1.54, 1.807) is 30.3 Å². The fourth-order valence-corrected chi connectivity index (χ4v) is 2.13. The highest BCUT2D eigenvalue weighted by Gasteiger charge is 2.12. The van der Waals surface area contributed by atoms with E-state index in [9.17, 15) is 8.42 Å². The predicted octanol–water partition coefficient (Wildman–Crippen LogP) is 1.71. The Bertz CT molecular complexity index is 573. The Morgan fingerprint density at radius 1 is 0.933 bits per heavy atom. The Morgan fingerprint density at radius 2 is 1.53 bits per heavy atom. The zero-order valence-corrected chi connectivity index (χ0v) is 9.76. The lowest BCUT2D eigenvalue weighted by Crippen LogP contribution is -1.98. The zero-order chi connectivity index (χ0) is 10.2. The molecular weight excluding hydrogens is 227 g/mol. The lowest BCUT2D eigenvalue weighted by atomic mass is 10.1. The van der Waals surface area contributed by atoms with Gasteiger partial charge in [0.1, 0.15) is 4.90 Å². The molecule has 2 rings (SSSR count). The van der Waals surface area contributed by atoms with Crippen LogP contribution in [0.4, 0.5) is 0 Å². The summed E-state index contributed by atoms with van der Waals surface area (Å²) in [5.41, 5.74) is 0. The molecule has 0 aliphatic heterocycles. The molecule has 0 bridgehead atoms. The highest BCUT2D eigenvalue weighted by atomic mass is 32.2. The van der Waals surface area contributed by atoms with Crippen LogP contribution in [0.2, 0.25) is 0 Å². The average molecular weight is 235 g/mol. The molecule has 0 atom stereocenters. The Hall–Kier alpha value is -0.858. The molecule has 2 aromatic carbocycles. The van der Waals surface area contributed by atoms with Crippen molar-refractivity contribution in [2.45, 2.75) is 4.90 Å². The standard InChI is InChI=1S/C10H8O3S.Al/c11-14(12,13)10-7-3-5-8-4-1-2-6-9(8)10;/h1-7H,(H,11,12,13);. The number of hydrogen-bond donors (Lipinski definition) is 1. The van der Waals surface area contributed by atoms with Gasteiger partial charge >= 0.3 is 0 Å². The summed E-state index contributed by atoms with van der Waals surface area (Å²) in [4.78, 5) is -0.0457. The van der Waals surface area contributed by atoms with Gasteiger partial charge < -0.3 is 0 Å². The van der Waals surface area contributed by atoms with Gasteiger partial charge in [0.2, 0.25) is 0 Å². The summed E-state index contributed by atoms with van der Waals surface area (Å²) in [6.07, 6.45) is 0. The lowest BCUT2D eigenvalue weighted by molar-refractivity contribution is 0.484. The van der Waals surface area contributed by atoms with Crippen LogP contribution < -0.4 is 0 Å². The first-order valence-corrected chi connectivity index (χ1v) is 5.48. The van der Waals surface area contributed by atoms with Crippen molar-refractivity contribution < 1.29 is 13.0 Å². The van der Waals surface area contributed by atoms with E-state index >= 15 is 0 Å². The second-order valence-corrected chi connectivity index (χ2v) is 4.34. The molecule has 0 amide bonds. The summed E-state index contributed by atoms with van der Waals surface area (Å²) >= 11 is 0. The van der Waals surface area contributed by atoms with E-state index in [2.05, 4.69) is 0 Å². The number of hydrogen-bond acceptors (Lipinski definition) is 2. The van der Waals surface area contributed by atoms with E-state index < -0.39 is 10.1 Å². The molecule has 0 saturated carbocycles. The van der Waals surface area contributed by atoms with Crippen LogP contribution in [0.5, 0.6) is 0 Å². The SMILES string of the molecule is O=S(=O)(O)c1cccc2ccccc12.[Al]. The van der Waals surface area contributed by atoms with Gasteiger partial charge in [-0.2, -0.15) is 8.42 Å². The molecule has 0 spiro atoms. The minimum absolute atomic E-state index is 0. The maximum atomic E-state index is 11.0. The molecule has 5 heteroatoms. The van der Waals surface area contributed by atoms with Crippen LogP contribution >= 0.6 is 0 Å². The second kappa shape index (κ2) is 4.33. The Labute approximate surface area is 98.6 Å². The van der Waals surface area contributed by atoms with Crippen molar-refractivity contribution in [3.8, 4) is 0 Å². The summed E-state index contributed by atoms with van der Waals surface area (Å²) in [5.74, 6) is 0. The van der Waals surface area contributed by atoms with E-state index in [4.69, 9.17) is 4.55 Å². The summed E-state index contributed by atoms with van der Waals surface area (Å²) in [5, 5.41) is 1.33. The first-order chi connectivity index (χ1) is 6.59. The minimum atomic E-state index is -4.13. The van der Waals surface area contributed by atoms with Crippen LogP contribution in [0.3, 0.4) is 0 Å². The second-order valence-electron chi connectivity index (χ2n) is 2.95. The molecule has 75 valence electrons. The van der Waals surface area contributed by atoms with E-state index in [-0.39, 0.29) is 22.3 Å². The van der Waals surface area contributed by atoms with Gasteiger partial charge in [-0.3, -0.25) is 4.55 Å². The summed E-state index contributed by atoms with van der Waals surface area (Å²) < 4.78 is 31.0. The first kappa shape index (κ1) is 12.2. The van der Waals surface area contributed by atoms with Crippen LogP contribution in [0, 0.1) is 0 Å². The van der Waals surface area contributed by atoms with Crippen LogP contribution in [0.25, 0.3) is 10.8 Å². The zero-order valence-electron chi connectivity index (χ0n) is 7.79. The molecule has 15 heavy (non-hydrogen) atoms. The number of rotatable bonds is 1. The first-order valence-electron chi connectivity index (χ1n) is 4.04. The van der Waals surface area contributed by atoms with Gasteiger partial charge in [-0.05, 0) is 11.5 Å². The van der Waals surface area contributed by atoms with E-state index in [0.717, 1.165) is 5.39 Å². The van der Waals surface area contributed by atoms with Gasteiger partial charge in [0, 0.05) is 22.7 Å². The summed E-state index contributed by atoms with van der Waals surface area (Å²) in [6, 6.07) is 11.8. The monoisotopic (exact) mass is 235 g/mol. The molecule has 0 heterocycles. The topological polar surface area (TPSA) is 54.4 Å². The number of benzene rings is 2. The summed E-state index contributed by atoms with van der Waals surface area (Å²) in [6.45, 7) is 0. The van der Waals surface area contributed by atoms with E-state index in [0.29, 0.717) is 5.39 Å². The van der Waals surface area contributed by atoms with Gasteiger partial charge in [0.05, 0.1) is 0 Å². The third kappa shape index (κ3) is 2.39. The molecule has 0 aliphatic rings. The van der Waals surface area contributed by atoms with Gasteiger partial charge in [-0.1, -0.05) is 36.4 Å². The van der Waals surface area contributed by atoms with Crippen LogP contribution in [0.15, 0.2) is 47.4 Å². The van der Waals surface area contributed by atoms with E-state index in [1.165, 1.54) is 6.07 Å². The maximum Gasteiger partial charge on any atom is 0.295 e. The third-order valence-electron chi connectivity index (χ3n) is 2.03. The Morgan fingerprint density at radius 3 is 2.20 bits per heavy atom. The Kier molecular flexibility index (Phi) is 3.53. The van der Waals surface area contributed by atoms with Crippen molar-refractivity contribution in [1.29, 1.82) is 0 Å². The van der Waals surface area contributed by atoms with Crippen molar-refractivity contribution in [2.24, 2.45) is 0 Å². The molecule has 0 aliphatic carbocycles. The van der Waals surface area contributed by atoms with Crippen molar-refractivity contribution in [3.05, 3.63) is 42.5 Å². The predicted molar refractivity (Wildman–Crippen MR) is 59.5 cm³/mol. The molecule has 3 radical (unpaired) electrons. The van der Waals surface area contributed by atoms with Gasteiger partial charge in [-0.25, -0.2) is 0 Å². The largest absolute Gasteiger partial charge is 0.295 e. The van der Waals surface area contributed by atoms with Crippen LogP contribution in [-0.4, -0.2) is 30.3 Å². The smallest absolute Gasteiger partial charge is 0.282 e. The summed E-state index contributed by atoms with van der Waals surface area (Å²) in [7, 11) is -4.13. The van der Waals surface area contributed by atoms with Crippen molar-refractivity contribution in [2.75, 3.05) is 0 Å². The maximum absolute atomic E-state index is 11.0. The molecule has 3 nitrogen and oxygen atoms in total. The Balaban J connectivity index is 0.00000112. The fraction of sp³-hybridized carbons (Fsp3) is 0. The highest BCUT2D eigenvalue weighted by molar-refractivity contribution is 7.86. The molecule has 0 unspecified atom stereocenters. The van der Waals surface area contributed by atoms with Crippen molar-refractivity contribution in [3.63, 3.8) is 0 Å². The molecule has 0 fully saturated rings. The molecular formula is C10H8AlO3S. The van der Waals surface area contributed by atoms with Crippen LogP contribution in [0.1, 0.15) is 0 Å². The molecule has 1 N–H and O–H groups in total. The quantitative estimate of drug-likeness (QED) is 0.604. The van der Waals surface area contributed by atoms with Crippen molar-refractivity contribution in [1.82, 2.24) is 0 Å². The third-order valence-corrected chi connectivity index (χ3v) is 2.94. The fourth-order valence-electron chi connectivity index (χ4n) is 1.42. The van der Waals surface area contributed by atoms with E-state index in [1.807, 2.05) is 6.07 Å². The molecule has 0 saturated heterocycles. The van der Waals surface area contributed by atoms with Crippen molar-refractivity contribution >= 4 is 38.3 Å². The minimum Gasteiger partial charge on any atom is -0.282 e. The highest BCUT2D eigenvalue weighted by Crippen LogP contribution is 2.21. The lowest BCUT2D eigenvalue weighted by Gasteiger charge is -2.02. The van der Waals surface area contributed by atoms with Gasteiger partial charge in [-0.15, -0.1) is 0 Å². The number of fused-ring (bicyclic) bond motifs is 1. The normalized spacial score (nSPS) is 11.0. The molecule has 0 aromatic heterocycles. The van der Waals surface area contributed by atoms with Gasteiger partial charge in [0.15, 0.2) is 0 Å². The average Bonchev–Trinajstić information content (AvgIpc) is 2.15. The van der Waals surface area contributed by atoms with Gasteiger partial charge in [0.25, 0.3) is 10.1 Å².